The van der Waals surface area contributed by atoms with Crippen molar-refractivity contribution in [1.29, 1.82) is 0 Å². The highest BCUT2D eigenvalue weighted by molar-refractivity contribution is 9.10. The van der Waals surface area contributed by atoms with Crippen LogP contribution in [-0.2, 0) is 4.79 Å². The van der Waals surface area contributed by atoms with E-state index in [0.717, 1.165) is 41.4 Å². The zero-order valence-corrected chi connectivity index (χ0v) is 12.2. The number of nitrogens with two attached hydrogens (primary N) is 1. The first-order valence-electron chi connectivity index (χ1n) is 6.39. The van der Waals surface area contributed by atoms with E-state index in [-0.39, 0.29) is 17.9 Å². The highest BCUT2D eigenvalue weighted by atomic mass is 79.9. The van der Waals surface area contributed by atoms with Crippen molar-refractivity contribution in [3.8, 4) is 0 Å². The first-order valence-corrected chi connectivity index (χ1v) is 7.18. The molecule has 1 aromatic rings. The maximum Gasteiger partial charge on any atom is 0.227 e. The lowest BCUT2D eigenvalue weighted by Gasteiger charge is -2.25. The van der Waals surface area contributed by atoms with Gasteiger partial charge in [0.1, 0.15) is 0 Å². The first-order chi connectivity index (χ1) is 8.56. The number of anilines is 1. The smallest absolute Gasteiger partial charge is 0.227 e. The van der Waals surface area contributed by atoms with E-state index >= 15 is 0 Å². The van der Waals surface area contributed by atoms with Gasteiger partial charge in [0.25, 0.3) is 0 Å². The van der Waals surface area contributed by atoms with Crippen LogP contribution in [0.15, 0.2) is 22.7 Å². The van der Waals surface area contributed by atoms with Gasteiger partial charge in [0.15, 0.2) is 0 Å². The average molecular weight is 311 g/mol. The van der Waals surface area contributed by atoms with Gasteiger partial charge in [0, 0.05) is 22.1 Å². The van der Waals surface area contributed by atoms with Crippen molar-refractivity contribution < 1.29 is 4.79 Å². The molecule has 1 aliphatic carbocycles. The first kappa shape index (κ1) is 13.6. The Hall–Kier alpha value is -0.870. The molecule has 0 atom stereocenters. The van der Waals surface area contributed by atoms with Crippen LogP contribution in [0.1, 0.15) is 31.2 Å². The summed E-state index contributed by atoms with van der Waals surface area (Å²) in [7, 11) is 0. The van der Waals surface area contributed by atoms with Gasteiger partial charge in [-0.05, 0) is 50.3 Å². The van der Waals surface area contributed by atoms with Gasteiger partial charge in [-0.1, -0.05) is 22.0 Å². The van der Waals surface area contributed by atoms with Crippen LogP contribution in [0.25, 0.3) is 0 Å². The second kappa shape index (κ2) is 5.85. The van der Waals surface area contributed by atoms with Crippen LogP contribution in [0.3, 0.4) is 0 Å². The Morgan fingerprint density at radius 1 is 1.33 bits per heavy atom. The molecule has 1 amide bonds. The topological polar surface area (TPSA) is 55.1 Å². The van der Waals surface area contributed by atoms with Crippen molar-refractivity contribution >= 4 is 27.5 Å². The van der Waals surface area contributed by atoms with Gasteiger partial charge in [0.2, 0.25) is 5.91 Å². The summed E-state index contributed by atoms with van der Waals surface area (Å²) in [6.07, 6.45) is 3.71. The zero-order chi connectivity index (χ0) is 13.1. The largest absolute Gasteiger partial charge is 0.328 e. The fourth-order valence-electron chi connectivity index (χ4n) is 2.30. The number of benzene rings is 1. The molecule has 0 bridgehead atoms. The van der Waals surface area contributed by atoms with Crippen LogP contribution >= 0.6 is 15.9 Å². The van der Waals surface area contributed by atoms with Gasteiger partial charge in [-0.2, -0.15) is 0 Å². The lowest BCUT2D eigenvalue weighted by molar-refractivity contribution is -0.120. The minimum absolute atomic E-state index is 0.116. The van der Waals surface area contributed by atoms with E-state index < -0.39 is 0 Å². The molecular weight excluding hydrogens is 292 g/mol. The number of aryl methyl sites for hydroxylation is 1. The average Bonchev–Trinajstić information content (AvgIpc) is 2.34. The highest BCUT2D eigenvalue weighted by Crippen LogP contribution is 2.26. The normalized spacial score (nSPS) is 23.7. The lowest BCUT2D eigenvalue weighted by Crippen LogP contribution is -2.32. The summed E-state index contributed by atoms with van der Waals surface area (Å²) in [5.74, 6) is 0.238. The monoisotopic (exact) mass is 310 g/mol. The van der Waals surface area contributed by atoms with Crippen molar-refractivity contribution in [2.24, 2.45) is 11.7 Å². The number of carbonyl (C=O) groups is 1. The van der Waals surface area contributed by atoms with E-state index in [1.807, 2.05) is 25.1 Å². The Morgan fingerprint density at radius 2 is 2.00 bits per heavy atom. The Balaban J connectivity index is 1.96. The number of carbonyl (C=O) groups excluding carboxylic acids is 1. The SMILES string of the molecule is Cc1ccc(NC(=O)C2CCC(N)CC2)cc1Br. The summed E-state index contributed by atoms with van der Waals surface area (Å²) in [5.41, 5.74) is 7.87. The Morgan fingerprint density at radius 3 is 2.61 bits per heavy atom. The number of amides is 1. The summed E-state index contributed by atoms with van der Waals surface area (Å²) < 4.78 is 1.02. The van der Waals surface area contributed by atoms with Crippen LogP contribution in [0.4, 0.5) is 5.69 Å². The number of hydrogen-bond donors (Lipinski definition) is 2. The molecule has 4 heteroatoms. The lowest BCUT2D eigenvalue weighted by atomic mass is 9.86. The van der Waals surface area contributed by atoms with Crippen molar-refractivity contribution in [2.45, 2.75) is 38.6 Å². The van der Waals surface area contributed by atoms with Gasteiger partial charge < -0.3 is 11.1 Å². The highest BCUT2D eigenvalue weighted by Gasteiger charge is 2.24. The van der Waals surface area contributed by atoms with Gasteiger partial charge >= 0.3 is 0 Å². The molecule has 1 saturated carbocycles. The molecule has 3 nitrogen and oxygen atoms in total. The quantitative estimate of drug-likeness (QED) is 0.881. The third-order valence-corrected chi connectivity index (χ3v) is 4.44. The maximum atomic E-state index is 12.1. The molecule has 0 radical (unpaired) electrons. The third kappa shape index (κ3) is 3.33. The van der Waals surface area contributed by atoms with E-state index in [0.29, 0.717) is 0 Å². The fourth-order valence-corrected chi connectivity index (χ4v) is 2.68. The Bertz CT molecular complexity index is 439. The molecule has 1 fully saturated rings. The molecule has 2 rings (SSSR count). The molecule has 18 heavy (non-hydrogen) atoms. The van der Waals surface area contributed by atoms with E-state index in [1.54, 1.807) is 0 Å². The van der Waals surface area contributed by atoms with Gasteiger partial charge in [0.05, 0.1) is 0 Å². The summed E-state index contributed by atoms with van der Waals surface area (Å²) in [5, 5.41) is 2.98. The number of halogens is 1. The molecule has 3 N–H and O–H groups in total. The predicted octanol–water partition coefficient (Wildman–Crippen LogP) is 3.21. The fraction of sp³-hybridized carbons (Fsp3) is 0.500. The van der Waals surface area contributed by atoms with Crippen molar-refractivity contribution in [3.05, 3.63) is 28.2 Å². The summed E-state index contributed by atoms with van der Waals surface area (Å²) in [6, 6.07) is 6.16. The predicted molar refractivity (Wildman–Crippen MR) is 77.4 cm³/mol. The van der Waals surface area contributed by atoms with E-state index in [9.17, 15) is 4.79 Å². The van der Waals surface area contributed by atoms with Crippen LogP contribution < -0.4 is 11.1 Å². The molecule has 1 aromatic carbocycles. The second-order valence-electron chi connectivity index (χ2n) is 5.06. The molecule has 98 valence electrons. The third-order valence-electron chi connectivity index (χ3n) is 3.58. The molecule has 0 unspecified atom stereocenters. The molecule has 0 spiro atoms. The van der Waals surface area contributed by atoms with Crippen LogP contribution in [0.5, 0.6) is 0 Å². The number of hydrogen-bond acceptors (Lipinski definition) is 2. The number of nitrogens with one attached hydrogen (secondary N) is 1. The van der Waals surface area contributed by atoms with Crippen molar-refractivity contribution in [3.63, 3.8) is 0 Å². The number of rotatable bonds is 2. The van der Waals surface area contributed by atoms with Crippen molar-refractivity contribution in [2.75, 3.05) is 5.32 Å². The summed E-state index contributed by atoms with van der Waals surface area (Å²) in [4.78, 5) is 12.1. The Kier molecular flexibility index (Phi) is 4.40. The minimum Gasteiger partial charge on any atom is -0.328 e. The molecule has 0 aliphatic heterocycles. The van der Waals surface area contributed by atoms with Crippen LogP contribution in [-0.4, -0.2) is 11.9 Å². The van der Waals surface area contributed by atoms with E-state index in [1.165, 1.54) is 0 Å². The van der Waals surface area contributed by atoms with E-state index in [2.05, 4.69) is 21.2 Å². The van der Waals surface area contributed by atoms with Gasteiger partial charge in [-0.25, -0.2) is 0 Å². The molecule has 1 aliphatic rings. The van der Waals surface area contributed by atoms with Crippen LogP contribution in [0.2, 0.25) is 0 Å². The zero-order valence-electron chi connectivity index (χ0n) is 10.6. The second-order valence-corrected chi connectivity index (χ2v) is 5.92. The summed E-state index contributed by atoms with van der Waals surface area (Å²) >= 11 is 3.47. The molecular formula is C14H19BrN2O. The summed E-state index contributed by atoms with van der Waals surface area (Å²) in [6.45, 7) is 2.03. The molecule has 0 heterocycles. The maximum absolute atomic E-state index is 12.1. The van der Waals surface area contributed by atoms with Crippen LogP contribution in [0, 0.1) is 12.8 Å². The molecule has 0 saturated heterocycles. The Labute approximate surface area is 116 Å². The molecule has 0 aromatic heterocycles. The van der Waals surface area contributed by atoms with Gasteiger partial charge in [-0.15, -0.1) is 0 Å². The minimum atomic E-state index is 0.116. The standard InChI is InChI=1S/C14H19BrN2O/c1-9-2-7-12(8-13(9)15)17-14(18)10-3-5-11(16)6-4-10/h2,7-8,10-11H,3-6,16H2,1H3,(H,17,18). The van der Waals surface area contributed by atoms with Crippen molar-refractivity contribution in [1.82, 2.24) is 0 Å². The van der Waals surface area contributed by atoms with Gasteiger partial charge in [-0.3, -0.25) is 4.79 Å². The van der Waals surface area contributed by atoms with E-state index in [4.69, 9.17) is 5.73 Å².